The minimum atomic E-state index is -0.175. The maximum Gasteiger partial charge on any atom is 0.255 e. The van der Waals surface area contributed by atoms with Crippen molar-refractivity contribution < 1.29 is 9.52 Å². The zero-order chi connectivity index (χ0) is 18.5. The van der Waals surface area contributed by atoms with Gasteiger partial charge in [-0.1, -0.05) is 35.5 Å². The third-order valence-corrected chi connectivity index (χ3v) is 5.32. The molecule has 1 heterocycles. The Morgan fingerprint density at radius 3 is 2.62 bits per heavy atom. The molecule has 4 nitrogen and oxygen atoms in total. The van der Waals surface area contributed by atoms with Crippen LogP contribution in [-0.2, 0) is 5.75 Å². The monoisotopic (exact) mass is 384 g/mol. The normalized spacial score (nSPS) is 10.5. The fourth-order valence-electron chi connectivity index (χ4n) is 2.36. The van der Waals surface area contributed by atoms with Crippen molar-refractivity contribution in [2.24, 2.45) is 0 Å². The minimum Gasteiger partial charge on any atom is -0.618 e. The maximum atomic E-state index is 12.4. The first-order chi connectivity index (χ1) is 12.5. The molecule has 3 aromatic rings. The summed E-state index contributed by atoms with van der Waals surface area (Å²) in [6.07, 6.45) is 1.48. The van der Waals surface area contributed by atoms with Crippen molar-refractivity contribution in [1.29, 1.82) is 0 Å². The number of aromatic nitrogens is 1. The van der Waals surface area contributed by atoms with E-state index in [2.05, 4.69) is 5.32 Å². The van der Waals surface area contributed by atoms with Gasteiger partial charge in [0.2, 0.25) is 0 Å². The minimum absolute atomic E-state index is 0.175. The lowest BCUT2D eigenvalue weighted by molar-refractivity contribution is -0.645. The summed E-state index contributed by atoms with van der Waals surface area (Å²) in [6.45, 7) is 1.89. The van der Waals surface area contributed by atoms with Gasteiger partial charge in [-0.15, -0.1) is 0 Å². The van der Waals surface area contributed by atoms with Crippen LogP contribution in [0.2, 0.25) is 5.02 Å². The van der Waals surface area contributed by atoms with Crippen LogP contribution in [0, 0.1) is 12.1 Å². The van der Waals surface area contributed by atoms with E-state index in [0.29, 0.717) is 27.1 Å². The Labute approximate surface area is 161 Å². The SMILES string of the molecule is Cc1cc(NC(=O)c2ccc(CSc3cccc[n+]3[O-])cc2)ccc1Cl. The fraction of sp³-hybridized carbons (Fsp3) is 0.100. The van der Waals surface area contributed by atoms with Crippen molar-refractivity contribution in [3.63, 3.8) is 0 Å². The lowest BCUT2D eigenvalue weighted by Crippen LogP contribution is -2.27. The number of halogens is 1. The summed E-state index contributed by atoms with van der Waals surface area (Å²) in [7, 11) is 0. The largest absolute Gasteiger partial charge is 0.618 e. The zero-order valence-electron chi connectivity index (χ0n) is 14.1. The van der Waals surface area contributed by atoms with Crippen LogP contribution in [0.15, 0.2) is 71.9 Å². The topological polar surface area (TPSA) is 56.0 Å². The van der Waals surface area contributed by atoms with Gasteiger partial charge in [0.25, 0.3) is 10.9 Å². The summed E-state index contributed by atoms with van der Waals surface area (Å²) in [5, 5.41) is 15.8. The van der Waals surface area contributed by atoms with E-state index in [1.807, 2.05) is 31.2 Å². The van der Waals surface area contributed by atoms with Crippen molar-refractivity contribution in [1.82, 2.24) is 0 Å². The highest BCUT2D eigenvalue weighted by Crippen LogP contribution is 2.21. The molecular weight excluding hydrogens is 368 g/mol. The Kier molecular flexibility index (Phi) is 5.81. The van der Waals surface area contributed by atoms with Crippen LogP contribution in [0.25, 0.3) is 0 Å². The molecule has 0 bridgehead atoms. The number of hydrogen-bond donors (Lipinski definition) is 1. The molecule has 2 aromatic carbocycles. The van der Waals surface area contributed by atoms with E-state index in [0.717, 1.165) is 15.9 Å². The van der Waals surface area contributed by atoms with Crippen molar-refractivity contribution in [2.75, 3.05) is 5.32 Å². The van der Waals surface area contributed by atoms with Gasteiger partial charge in [0.1, 0.15) is 0 Å². The van der Waals surface area contributed by atoms with E-state index in [1.54, 1.807) is 36.4 Å². The van der Waals surface area contributed by atoms with Crippen LogP contribution >= 0.6 is 23.4 Å². The van der Waals surface area contributed by atoms with Crippen LogP contribution in [0.5, 0.6) is 0 Å². The van der Waals surface area contributed by atoms with E-state index in [1.165, 1.54) is 18.0 Å². The predicted molar refractivity (Wildman–Crippen MR) is 106 cm³/mol. The summed E-state index contributed by atoms with van der Waals surface area (Å²) in [6, 6.07) is 18.1. The number of nitrogens with one attached hydrogen (secondary N) is 1. The number of anilines is 1. The molecule has 1 aromatic heterocycles. The fourth-order valence-corrected chi connectivity index (χ4v) is 3.35. The second-order valence-electron chi connectivity index (χ2n) is 5.77. The number of benzene rings is 2. The summed E-state index contributed by atoms with van der Waals surface area (Å²) >= 11 is 7.46. The van der Waals surface area contributed by atoms with Crippen molar-refractivity contribution in [2.45, 2.75) is 17.7 Å². The Bertz CT molecular complexity index is 929. The van der Waals surface area contributed by atoms with Gasteiger partial charge < -0.3 is 10.5 Å². The van der Waals surface area contributed by atoms with Gasteiger partial charge >= 0.3 is 0 Å². The summed E-state index contributed by atoms with van der Waals surface area (Å²) in [5.74, 6) is 0.483. The third-order valence-electron chi connectivity index (χ3n) is 3.81. The average Bonchev–Trinajstić information content (AvgIpc) is 2.64. The number of nitrogens with zero attached hydrogens (tertiary/aromatic N) is 1. The number of carbonyl (C=O) groups is 1. The molecule has 0 fully saturated rings. The molecular formula is C20H17ClN2O2S. The van der Waals surface area contributed by atoms with Crippen molar-refractivity contribution >= 4 is 35.0 Å². The van der Waals surface area contributed by atoms with E-state index in [4.69, 9.17) is 11.6 Å². The molecule has 0 saturated carbocycles. The van der Waals surface area contributed by atoms with Crippen LogP contribution in [0.4, 0.5) is 5.69 Å². The summed E-state index contributed by atoms with van der Waals surface area (Å²) < 4.78 is 0.848. The Balaban J connectivity index is 1.62. The molecule has 0 radical (unpaired) electrons. The van der Waals surface area contributed by atoms with Crippen LogP contribution in [-0.4, -0.2) is 5.91 Å². The van der Waals surface area contributed by atoms with Crippen LogP contribution in [0.3, 0.4) is 0 Å². The molecule has 1 amide bonds. The summed E-state index contributed by atoms with van der Waals surface area (Å²) in [5.41, 5.74) is 3.23. The molecule has 0 aliphatic heterocycles. The Morgan fingerprint density at radius 1 is 1.15 bits per heavy atom. The highest BCUT2D eigenvalue weighted by atomic mass is 35.5. The van der Waals surface area contributed by atoms with Gasteiger partial charge in [0.05, 0.1) is 0 Å². The number of thioether (sulfide) groups is 1. The predicted octanol–water partition coefficient (Wildman–Crippen LogP) is 4.83. The Hall–Kier alpha value is -2.50. The highest BCUT2D eigenvalue weighted by Gasteiger charge is 2.09. The molecule has 0 spiro atoms. The molecule has 3 rings (SSSR count). The van der Waals surface area contributed by atoms with Gasteiger partial charge in [-0.25, -0.2) is 0 Å². The number of rotatable bonds is 5. The first-order valence-electron chi connectivity index (χ1n) is 8.00. The second-order valence-corrected chi connectivity index (χ2v) is 7.17. The number of amides is 1. The van der Waals surface area contributed by atoms with Gasteiger partial charge in [-0.05, 0) is 54.4 Å². The third kappa shape index (κ3) is 4.56. The van der Waals surface area contributed by atoms with Gasteiger partial charge in [0, 0.05) is 34.2 Å². The molecule has 6 heteroatoms. The molecule has 0 aliphatic rings. The molecule has 0 saturated heterocycles. The smallest absolute Gasteiger partial charge is 0.255 e. The maximum absolute atomic E-state index is 12.4. The first-order valence-corrected chi connectivity index (χ1v) is 9.37. The molecule has 26 heavy (non-hydrogen) atoms. The molecule has 0 aliphatic carbocycles. The number of carbonyl (C=O) groups excluding carboxylic acids is 1. The summed E-state index contributed by atoms with van der Waals surface area (Å²) in [4.78, 5) is 12.4. The molecule has 132 valence electrons. The number of aryl methyl sites for hydroxylation is 1. The number of pyridine rings is 1. The first kappa shape index (κ1) is 18.3. The van der Waals surface area contributed by atoms with Gasteiger partial charge in [-0.3, -0.25) is 4.79 Å². The standard InChI is InChI=1S/C20H17ClN2O2S/c1-14-12-17(9-10-18(14)21)22-20(24)16-7-5-15(6-8-16)13-26-19-4-2-3-11-23(19)25/h2-12H,13H2,1H3,(H,22,24). The van der Waals surface area contributed by atoms with Crippen LogP contribution in [0.1, 0.15) is 21.5 Å². The van der Waals surface area contributed by atoms with Gasteiger partial charge in [0.15, 0.2) is 6.20 Å². The Morgan fingerprint density at radius 2 is 1.92 bits per heavy atom. The van der Waals surface area contributed by atoms with E-state index < -0.39 is 0 Å². The molecule has 1 N–H and O–H groups in total. The van der Waals surface area contributed by atoms with E-state index in [-0.39, 0.29) is 5.91 Å². The van der Waals surface area contributed by atoms with E-state index >= 15 is 0 Å². The lowest BCUT2D eigenvalue weighted by atomic mass is 10.1. The molecule has 0 atom stereocenters. The van der Waals surface area contributed by atoms with Crippen LogP contribution < -0.4 is 10.0 Å². The van der Waals surface area contributed by atoms with Gasteiger partial charge in [-0.2, -0.15) is 4.73 Å². The van der Waals surface area contributed by atoms with E-state index in [9.17, 15) is 10.0 Å². The quantitative estimate of drug-likeness (QED) is 0.389. The van der Waals surface area contributed by atoms with Crippen molar-refractivity contribution in [3.8, 4) is 0 Å². The second kappa shape index (κ2) is 8.25. The average molecular weight is 385 g/mol. The molecule has 0 unspecified atom stereocenters. The zero-order valence-corrected chi connectivity index (χ0v) is 15.7. The van der Waals surface area contributed by atoms with Crippen molar-refractivity contribution in [3.05, 3.63) is 93.8 Å². The number of hydrogen-bond acceptors (Lipinski definition) is 3. The highest BCUT2D eigenvalue weighted by molar-refractivity contribution is 7.98. The lowest BCUT2D eigenvalue weighted by Gasteiger charge is -2.08.